The van der Waals surface area contributed by atoms with Gasteiger partial charge in [0.15, 0.2) is 0 Å². The van der Waals surface area contributed by atoms with E-state index in [1.54, 1.807) is 17.5 Å². The maximum Gasteiger partial charge on any atom is 0.317 e. The molecule has 0 spiro atoms. The number of likely N-dealkylation sites (N-methyl/N-ethyl adjacent to an activating group) is 1. The van der Waals surface area contributed by atoms with Crippen LogP contribution in [0.2, 0.25) is 0 Å². The van der Waals surface area contributed by atoms with E-state index in [0.717, 1.165) is 31.9 Å². The van der Waals surface area contributed by atoms with Crippen LogP contribution in [0.25, 0.3) is 0 Å². The Labute approximate surface area is 159 Å². The monoisotopic (exact) mass is 373 g/mol. The predicted octanol–water partition coefficient (Wildman–Crippen LogP) is 2.59. The van der Waals surface area contributed by atoms with Crippen LogP contribution in [0.4, 0.5) is 10.5 Å². The Morgan fingerprint density at radius 3 is 2.65 bits per heavy atom. The fourth-order valence-electron chi connectivity index (χ4n) is 3.24. The van der Waals surface area contributed by atoms with Gasteiger partial charge in [0.25, 0.3) is 0 Å². The minimum atomic E-state index is 0.0249. The molecule has 2 aromatic rings. The molecule has 2 amide bonds. The molecule has 1 atom stereocenters. The highest BCUT2D eigenvalue weighted by molar-refractivity contribution is 7.10. The second-order valence-corrected chi connectivity index (χ2v) is 7.77. The zero-order valence-electron chi connectivity index (χ0n) is 15.7. The van der Waals surface area contributed by atoms with E-state index >= 15 is 0 Å². The predicted molar refractivity (Wildman–Crippen MR) is 107 cm³/mol. The maximum atomic E-state index is 12.6. The van der Waals surface area contributed by atoms with Gasteiger partial charge in [-0.2, -0.15) is 0 Å². The summed E-state index contributed by atoms with van der Waals surface area (Å²) in [4.78, 5) is 24.4. The number of carbonyl (C=O) groups is 1. The standard InChI is InChI=1S/C19H27N5OS/c1-15-6-12-26-18(15)17(22(2)3)14-21-19(25)24-10-8-23(9-11-24)16-5-4-7-20-13-16/h4-7,12-13,17H,8-11,14H2,1-3H3,(H,21,25)/t17-/m1/s1. The summed E-state index contributed by atoms with van der Waals surface area (Å²) in [6.07, 6.45) is 3.66. The molecule has 1 aliphatic rings. The largest absolute Gasteiger partial charge is 0.367 e. The van der Waals surface area contributed by atoms with Gasteiger partial charge in [-0.05, 0) is 50.2 Å². The van der Waals surface area contributed by atoms with Crippen LogP contribution in [0, 0.1) is 6.92 Å². The molecule has 2 aromatic heterocycles. The summed E-state index contributed by atoms with van der Waals surface area (Å²) in [7, 11) is 4.12. The average molecular weight is 374 g/mol. The molecule has 3 heterocycles. The minimum Gasteiger partial charge on any atom is -0.367 e. The van der Waals surface area contributed by atoms with E-state index in [-0.39, 0.29) is 12.1 Å². The molecule has 0 aliphatic carbocycles. The molecular weight excluding hydrogens is 346 g/mol. The smallest absolute Gasteiger partial charge is 0.317 e. The number of nitrogens with zero attached hydrogens (tertiary/aromatic N) is 4. The Hall–Kier alpha value is -2.12. The lowest BCUT2D eigenvalue weighted by atomic mass is 10.1. The van der Waals surface area contributed by atoms with E-state index < -0.39 is 0 Å². The number of hydrogen-bond donors (Lipinski definition) is 1. The first-order valence-corrected chi connectivity index (χ1v) is 9.82. The van der Waals surface area contributed by atoms with Crippen LogP contribution in [0.15, 0.2) is 36.0 Å². The first-order chi connectivity index (χ1) is 12.6. The van der Waals surface area contributed by atoms with Crippen molar-refractivity contribution >= 4 is 23.1 Å². The number of anilines is 1. The number of aromatic nitrogens is 1. The van der Waals surface area contributed by atoms with Crippen molar-refractivity contribution in [2.24, 2.45) is 0 Å². The highest BCUT2D eigenvalue weighted by atomic mass is 32.1. The topological polar surface area (TPSA) is 51.7 Å². The molecule has 26 heavy (non-hydrogen) atoms. The summed E-state index contributed by atoms with van der Waals surface area (Å²) < 4.78 is 0. The highest BCUT2D eigenvalue weighted by Gasteiger charge is 2.23. The number of carbonyl (C=O) groups excluding carboxylic acids is 1. The number of piperazine rings is 1. The average Bonchev–Trinajstić information content (AvgIpc) is 3.08. The third kappa shape index (κ3) is 4.34. The highest BCUT2D eigenvalue weighted by Crippen LogP contribution is 2.26. The van der Waals surface area contributed by atoms with Crippen molar-refractivity contribution in [1.29, 1.82) is 0 Å². The van der Waals surface area contributed by atoms with E-state index in [1.807, 2.05) is 17.2 Å². The lowest BCUT2D eigenvalue weighted by Gasteiger charge is -2.36. The Morgan fingerprint density at radius 1 is 1.31 bits per heavy atom. The fraction of sp³-hybridized carbons (Fsp3) is 0.474. The van der Waals surface area contributed by atoms with Crippen LogP contribution >= 0.6 is 11.3 Å². The SMILES string of the molecule is Cc1ccsc1[C@@H](CNC(=O)N1CCN(c2cccnc2)CC1)N(C)C. The Kier molecular flexibility index (Phi) is 6.11. The van der Waals surface area contributed by atoms with Gasteiger partial charge in [0.05, 0.1) is 17.9 Å². The van der Waals surface area contributed by atoms with Gasteiger partial charge in [0, 0.05) is 43.8 Å². The Bertz CT molecular complexity index is 710. The van der Waals surface area contributed by atoms with Gasteiger partial charge in [-0.15, -0.1) is 11.3 Å². The van der Waals surface area contributed by atoms with Gasteiger partial charge in [-0.25, -0.2) is 4.79 Å². The van der Waals surface area contributed by atoms with E-state index in [1.165, 1.54) is 10.4 Å². The van der Waals surface area contributed by atoms with Gasteiger partial charge in [0.1, 0.15) is 0 Å². The van der Waals surface area contributed by atoms with Crippen LogP contribution in [-0.2, 0) is 0 Å². The van der Waals surface area contributed by atoms with E-state index in [4.69, 9.17) is 0 Å². The first kappa shape index (κ1) is 18.7. The summed E-state index contributed by atoms with van der Waals surface area (Å²) in [5.74, 6) is 0. The maximum absolute atomic E-state index is 12.6. The van der Waals surface area contributed by atoms with Gasteiger partial charge in [-0.1, -0.05) is 0 Å². The molecule has 1 aliphatic heterocycles. The van der Waals surface area contributed by atoms with Crippen LogP contribution < -0.4 is 10.2 Å². The van der Waals surface area contributed by atoms with Gasteiger partial charge in [-0.3, -0.25) is 4.98 Å². The number of pyridine rings is 1. The van der Waals surface area contributed by atoms with Crippen molar-refractivity contribution in [3.63, 3.8) is 0 Å². The van der Waals surface area contributed by atoms with Crippen molar-refractivity contribution in [2.45, 2.75) is 13.0 Å². The van der Waals surface area contributed by atoms with E-state index in [2.05, 4.69) is 58.6 Å². The summed E-state index contributed by atoms with van der Waals surface area (Å²) in [6.45, 7) is 5.87. The van der Waals surface area contributed by atoms with Crippen molar-refractivity contribution < 1.29 is 4.79 Å². The Balaban J connectivity index is 1.52. The molecule has 0 radical (unpaired) electrons. The number of nitrogens with one attached hydrogen (secondary N) is 1. The molecule has 6 nitrogen and oxygen atoms in total. The second kappa shape index (κ2) is 8.51. The Morgan fingerprint density at radius 2 is 2.08 bits per heavy atom. The molecular formula is C19H27N5OS. The quantitative estimate of drug-likeness (QED) is 0.875. The van der Waals surface area contributed by atoms with Crippen molar-refractivity contribution in [3.8, 4) is 0 Å². The lowest BCUT2D eigenvalue weighted by molar-refractivity contribution is 0.189. The van der Waals surface area contributed by atoms with Crippen LogP contribution in [0.1, 0.15) is 16.5 Å². The van der Waals surface area contributed by atoms with Crippen LogP contribution in [0.3, 0.4) is 0 Å². The molecule has 0 bridgehead atoms. The molecule has 1 saturated heterocycles. The van der Waals surface area contributed by atoms with Gasteiger partial charge < -0.3 is 20.0 Å². The zero-order chi connectivity index (χ0) is 18.5. The molecule has 1 N–H and O–H groups in total. The number of aryl methyl sites for hydroxylation is 1. The van der Waals surface area contributed by atoms with Gasteiger partial charge in [0.2, 0.25) is 0 Å². The number of rotatable bonds is 5. The molecule has 140 valence electrons. The normalized spacial score (nSPS) is 16.0. The molecule has 1 fully saturated rings. The number of thiophene rings is 1. The van der Waals surface area contributed by atoms with Crippen molar-refractivity contribution in [1.82, 2.24) is 20.1 Å². The zero-order valence-corrected chi connectivity index (χ0v) is 16.5. The molecule has 0 aromatic carbocycles. The summed E-state index contributed by atoms with van der Waals surface area (Å²) in [5, 5.41) is 5.24. The number of urea groups is 1. The molecule has 7 heteroatoms. The molecule has 0 saturated carbocycles. The lowest BCUT2D eigenvalue weighted by Crippen LogP contribution is -2.52. The number of amides is 2. The molecule has 0 unspecified atom stereocenters. The third-order valence-corrected chi connectivity index (χ3v) is 5.97. The number of hydrogen-bond acceptors (Lipinski definition) is 5. The van der Waals surface area contributed by atoms with E-state index in [0.29, 0.717) is 6.54 Å². The summed E-state index contributed by atoms with van der Waals surface area (Å²) >= 11 is 1.75. The first-order valence-electron chi connectivity index (χ1n) is 8.94. The van der Waals surface area contributed by atoms with Crippen LogP contribution in [0.5, 0.6) is 0 Å². The van der Waals surface area contributed by atoms with Crippen LogP contribution in [-0.4, -0.2) is 67.6 Å². The second-order valence-electron chi connectivity index (χ2n) is 6.82. The fourth-order valence-corrected chi connectivity index (χ4v) is 4.36. The van der Waals surface area contributed by atoms with Gasteiger partial charge >= 0.3 is 6.03 Å². The van der Waals surface area contributed by atoms with Crippen molar-refractivity contribution in [2.75, 3.05) is 51.7 Å². The van der Waals surface area contributed by atoms with E-state index in [9.17, 15) is 4.79 Å². The van der Waals surface area contributed by atoms with Crippen molar-refractivity contribution in [3.05, 3.63) is 46.4 Å². The summed E-state index contributed by atoms with van der Waals surface area (Å²) in [5.41, 5.74) is 2.40. The summed E-state index contributed by atoms with van der Waals surface area (Å²) in [6, 6.07) is 6.37. The molecule has 3 rings (SSSR count). The third-order valence-electron chi connectivity index (χ3n) is 4.85. The minimum absolute atomic E-state index is 0.0249.